The number of amides is 1. The number of hydrogen-bond acceptors (Lipinski definition) is 23. The second-order valence-corrected chi connectivity index (χ2v) is 44.2. The van der Waals surface area contributed by atoms with Gasteiger partial charge in [0.05, 0.1) is 50.1 Å². The smallest absolute Gasteiger partial charge is 0.419 e. The average Bonchev–Trinajstić information content (AvgIpc) is 1.35. The molecule has 2 N–H and O–H groups in total. The minimum Gasteiger partial charge on any atom is -0.493 e. The molecule has 5 heterocycles. The summed E-state index contributed by atoms with van der Waals surface area (Å²) >= 11 is 0. The van der Waals surface area contributed by atoms with Crippen LogP contribution in [0.3, 0.4) is 0 Å². The summed E-state index contributed by atoms with van der Waals surface area (Å²) in [4.78, 5) is 57.6. The predicted molar refractivity (Wildman–Crippen MR) is 356 cm³/mol. The lowest BCUT2D eigenvalue weighted by Gasteiger charge is -2.53. The van der Waals surface area contributed by atoms with E-state index in [0.29, 0.717) is 28.2 Å². The minimum absolute atomic E-state index is 0.0210. The van der Waals surface area contributed by atoms with Gasteiger partial charge in [0.15, 0.2) is 66.6 Å². The van der Waals surface area contributed by atoms with Crippen LogP contribution in [0.5, 0.6) is 34.5 Å². The van der Waals surface area contributed by atoms with Crippen LogP contribution in [0, 0.1) is 22.0 Å². The molecule has 1 aliphatic carbocycles. The van der Waals surface area contributed by atoms with Gasteiger partial charge in [0.25, 0.3) is 5.69 Å². The van der Waals surface area contributed by atoms with Crippen molar-refractivity contribution in [1.82, 2.24) is 0 Å². The lowest BCUT2D eigenvalue weighted by atomic mass is 9.66. The first-order valence-electron chi connectivity index (χ1n) is 32.5. The molecule has 6 aliphatic rings. The van der Waals surface area contributed by atoms with Crippen molar-refractivity contribution in [2.24, 2.45) is 11.8 Å². The number of nitro groups is 1. The highest BCUT2D eigenvalue weighted by atomic mass is 28.4. The Kier molecular flexibility index (Phi) is 20.7. The zero-order valence-corrected chi connectivity index (χ0v) is 61.3. The number of esters is 2. The van der Waals surface area contributed by atoms with E-state index in [-0.39, 0.29) is 65.4 Å². The molecule has 1 amide bonds. The van der Waals surface area contributed by atoms with Gasteiger partial charge >= 0.3 is 18.0 Å². The molecule has 4 aromatic carbocycles. The Bertz CT molecular complexity index is 3490. The number of rotatable bonds is 19. The summed E-state index contributed by atoms with van der Waals surface area (Å²) in [6.45, 7) is 32.9. The van der Waals surface area contributed by atoms with E-state index < -0.39 is 150 Å². The largest absolute Gasteiger partial charge is 0.493 e. The number of benzene rings is 4. The monoisotopic (exact) mass is 1390 g/mol. The van der Waals surface area contributed by atoms with Gasteiger partial charge in [0, 0.05) is 31.0 Å². The fourth-order valence-corrected chi connectivity index (χ4v) is 15.9. The summed E-state index contributed by atoms with van der Waals surface area (Å²) in [6.07, 6.45) is -15.1. The number of aliphatic hydroxyl groups is 2. The van der Waals surface area contributed by atoms with E-state index >= 15 is 9.59 Å². The molecule has 10 rings (SSSR count). The van der Waals surface area contributed by atoms with Crippen LogP contribution in [0.1, 0.15) is 104 Å². The summed E-state index contributed by atoms with van der Waals surface area (Å²) in [5.74, 6) is -3.40. The van der Waals surface area contributed by atoms with Gasteiger partial charge in [-0.15, -0.1) is 0 Å². The zero-order valence-electron chi connectivity index (χ0n) is 58.3. The highest BCUT2D eigenvalue weighted by Gasteiger charge is 2.61. The van der Waals surface area contributed by atoms with Crippen molar-refractivity contribution in [3.63, 3.8) is 0 Å². The molecule has 0 bridgehead atoms. The molecule has 0 unspecified atom stereocenters. The van der Waals surface area contributed by atoms with Crippen molar-refractivity contribution in [2.45, 2.75) is 210 Å². The zero-order chi connectivity index (χ0) is 70.1. The molecular formula is C68H94N2O23Si3. The van der Waals surface area contributed by atoms with E-state index in [4.69, 9.17) is 74.9 Å². The van der Waals surface area contributed by atoms with Gasteiger partial charge < -0.3 is 85.1 Å². The number of carbonyl (C=O) groups is 3. The van der Waals surface area contributed by atoms with Gasteiger partial charge in [-0.05, 0) is 114 Å². The molecule has 0 radical (unpaired) electrons. The van der Waals surface area contributed by atoms with Crippen molar-refractivity contribution in [3.8, 4) is 34.5 Å². The van der Waals surface area contributed by atoms with Crippen molar-refractivity contribution < 1.29 is 104 Å². The van der Waals surface area contributed by atoms with E-state index in [2.05, 4.69) is 102 Å². The lowest BCUT2D eigenvalue weighted by Crippen LogP contribution is -2.69. The first kappa shape index (κ1) is 72.5. The van der Waals surface area contributed by atoms with E-state index in [1.807, 2.05) is 30.3 Å². The fourth-order valence-electron chi connectivity index (χ4n) is 12.0. The van der Waals surface area contributed by atoms with E-state index in [9.17, 15) is 25.1 Å². The van der Waals surface area contributed by atoms with E-state index in [0.717, 1.165) is 16.5 Å². The second-order valence-electron chi connectivity index (χ2n) is 30.0. The topological polar surface area (TPSA) is 286 Å². The number of carbonyl (C=O) groups excluding carboxylic acids is 3. The molecule has 0 spiro atoms. The molecule has 28 heteroatoms. The SMILES string of the molecule is COc1cc([C@@H]2c3cc4c(cc3[C@@H](O[C@@H]3O[C@@H]5CO[C@@H](C)O[C@H]5[C@H](O)[C@H]3O)[C@H]3COC(=O)[C@H]23)OCO4)cc(OC)c1OC(=O)N(C)c1cc([N+](=O)[O-])ccc1O[C@@H]1O[C@H](C(=O)OCc2ccccc2)[C@H](O[Si](C)(C)C(C)(C)C)[C@H](O[Si](C)(C)C(C)(C)C)[C@H]1O[Si](C)(C)C(C)(C)C. The molecule has 4 saturated heterocycles. The number of ether oxygens (including phenoxy) is 13. The Hall–Kier alpha value is -6.26. The second kappa shape index (κ2) is 27.5. The fraction of sp³-hybridized carbons (Fsp3) is 0.603. The Labute approximate surface area is 563 Å². The molecule has 0 aromatic heterocycles. The number of anilines is 1. The quantitative estimate of drug-likeness (QED) is 0.0382. The normalized spacial score (nSPS) is 28.3. The van der Waals surface area contributed by atoms with Crippen LogP contribution in [-0.4, -0.2) is 167 Å². The highest BCUT2D eigenvalue weighted by Crippen LogP contribution is 2.58. The Morgan fingerprint density at radius 2 is 1.28 bits per heavy atom. The predicted octanol–water partition coefficient (Wildman–Crippen LogP) is 11.2. The molecule has 526 valence electrons. The summed E-state index contributed by atoms with van der Waals surface area (Å²) in [6, 6.07) is 19.6. The summed E-state index contributed by atoms with van der Waals surface area (Å²) in [5.41, 5.74) is 1.70. The standard InChI is InChI=1S/C68H94N2O23Si3/c1-36-80-34-49-56(85-36)52(71)53(72)63(87-49)88-54-41-31-46-45(83-35-84-46)30-40(41)50(51-42(54)33-82-61(51)73)38-27-47(78-12)55(48(28-38)79-13)90-65(75)69(11)43-29-39(70(76)77)25-26-44(43)86-64-60(93-96(18,19)68(8,9)10)58(92-95(16,17)67(5,6)7)57(91-94(14,15)66(2,3)4)59(89-64)62(74)81-32-37-23-21-20-22-24-37/h20-31,36,42,49-54,56-60,63-64,71-72H,32-35H2,1-19H3/t36-,42+,49-,50-,51+,52-,53-,54-,56-,57-,58+,59+,60-,63+,64-/m1/s1. The third-order valence-electron chi connectivity index (χ3n) is 20.6. The Morgan fingerprint density at radius 1 is 0.698 bits per heavy atom. The van der Waals surface area contributed by atoms with Crippen LogP contribution in [0.4, 0.5) is 16.2 Å². The number of methoxy groups -OCH3 is 2. The van der Waals surface area contributed by atoms with Crippen molar-refractivity contribution in [1.29, 1.82) is 0 Å². The molecule has 5 aliphatic heterocycles. The Morgan fingerprint density at radius 3 is 1.86 bits per heavy atom. The van der Waals surface area contributed by atoms with Gasteiger partial charge in [-0.3, -0.25) is 19.8 Å². The number of aliphatic hydroxyl groups excluding tert-OH is 2. The number of hydrogen-bond donors (Lipinski definition) is 2. The molecule has 96 heavy (non-hydrogen) atoms. The minimum atomic E-state index is -2.91. The third-order valence-corrected chi connectivity index (χ3v) is 34.0. The van der Waals surface area contributed by atoms with E-state index in [1.54, 1.807) is 31.2 Å². The average molecular weight is 1390 g/mol. The first-order chi connectivity index (χ1) is 44.8. The molecule has 4 aromatic rings. The molecule has 4 fully saturated rings. The van der Waals surface area contributed by atoms with Gasteiger partial charge in [-0.1, -0.05) is 92.6 Å². The van der Waals surface area contributed by atoms with Gasteiger partial charge in [0.1, 0.15) is 55.1 Å². The number of fused-ring (bicyclic) bond motifs is 4. The number of cyclic esters (lactones) is 1. The van der Waals surface area contributed by atoms with Gasteiger partial charge in [-0.2, -0.15) is 0 Å². The van der Waals surface area contributed by atoms with Crippen LogP contribution in [0.15, 0.2) is 72.8 Å². The summed E-state index contributed by atoms with van der Waals surface area (Å²) in [7, 11) is -4.57. The van der Waals surface area contributed by atoms with Crippen molar-refractivity contribution in [2.75, 3.05) is 46.2 Å². The number of nitro benzene ring substituents is 1. The van der Waals surface area contributed by atoms with Crippen LogP contribution < -0.4 is 33.3 Å². The first-order valence-corrected chi connectivity index (χ1v) is 41.2. The highest BCUT2D eigenvalue weighted by molar-refractivity contribution is 6.75. The molecule has 15 atom stereocenters. The van der Waals surface area contributed by atoms with Gasteiger partial charge in [0.2, 0.25) is 18.8 Å². The van der Waals surface area contributed by atoms with Crippen LogP contribution in [0.2, 0.25) is 54.4 Å². The third kappa shape index (κ3) is 14.5. The summed E-state index contributed by atoms with van der Waals surface area (Å²) in [5, 5.41) is 34.4. The van der Waals surface area contributed by atoms with Crippen LogP contribution >= 0.6 is 0 Å². The number of nitrogens with zero attached hydrogens (tertiary/aromatic N) is 2. The number of non-ortho nitro benzene ring substituents is 1. The maximum atomic E-state index is 15.1. The lowest BCUT2D eigenvalue weighted by molar-refractivity contribution is -0.384. The van der Waals surface area contributed by atoms with Gasteiger partial charge in [-0.25, -0.2) is 9.59 Å². The van der Waals surface area contributed by atoms with Crippen molar-refractivity contribution >= 4 is 54.4 Å². The van der Waals surface area contributed by atoms with Crippen LogP contribution in [-0.2, 0) is 62.6 Å². The van der Waals surface area contributed by atoms with Crippen LogP contribution in [0.25, 0.3) is 0 Å². The van der Waals surface area contributed by atoms with Crippen molar-refractivity contribution in [3.05, 3.63) is 105 Å². The summed E-state index contributed by atoms with van der Waals surface area (Å²) < 4.78 is 103. The molecule has 25 nitrogen and oxygen atoms in total. The maximum absolute atomic E-state index is 15.1. The molecule has 0 saturated carbocycles. The maximum Gasteiger partial charge on any atom is 0.419 e. The van der Waals surface area contributed by atoms with E-state index in [1.165, 1.54) is 33.4 Å². The Balaban J connectivity index is 1.02. The molecular weight excluding hydrogens is 1300 g/mol.